The molecule has 0 saturated carbocycles. The van der Waals surface area contributed by atoms with Crippen LogP contribution in [0.2, 0.25) is 5.02 Å². The lowest BCUT2D eigenvalue weighted by Gasteiger charge is -2.09. The molecule has 0 spiro atoms. The van der Waals surface area contributed by atoms with E-state index in [1.165, 1.54) is 5.56 Å². The Morgan fingerprint density at radius 2 is 1.82 bits per heavy atom. The molecular formula is C14H14ClNO. The van der Waals surface area contributed by atoms with Gasteiger partial charge in [-0.05, 0) is 36.2 Å². The van der Waals surface area contributed by atoms with E-state index in [0.717, 1.165) is 12.1 Å². The number of hydrogen-bond donors (Lipinski definition) is 2. The van der Waals surface area contributed by atoms with Gasteiger partial charge >= 0.3 is 0 Å². The van der Waals surface area contributed by atoms with Gasteiger partial charge in [0.2, 0.25) is 0 Å². The number of halogens is 1. The van der Waals surface area contributed by atoms with Gasteiger partial charge in [0.25, 0.3) is 0 Å². The van der Waals surface area contributed by atoms with Crippen molar-refractivity contribution in [1.29, 1.82) is 0 Å². The van der Waals surface area contributed by atoms with Gasteiger partial charge in [0.05, 0.1) is 10.7 Å². The second-order valence-corrected chi connectivity index (χ2v) is 4.22. The Balaban J connectivity index is 2.22. The highest BCUT2D eigenvalue weighted by Gasteiger charge is 2.04. The van der Waals surface area contributed by atoms with E-state index in [-0.39, 0.29) is 5.75 Å². The first kappa shape index (κ1) is 11.8. The minimum Gasteiger partial charge on any atom is -0.504 e. The summed E-state index contributed by atoms with van der Waals surface area (Å²) < 4.78 is 0. The SMILES string of the molecule is CCc1ccc(Nc2cccc(Cl)c2O)cc1. The Hall–Kier alpha value is -1.67. The third-order valence-electron chi connectivity index (χ3n) is 2.63. The van der Waals surface area contributed by atoms with Crippen LogP contribution in [0.25, 0.3) is 0 Å². The maximum atomic E-state index is 9.77. The number of aromatic hydroxyl groups is 1. The number of aryl methyl sites for hydroxylation is 1. The van der Waals surface area contributed by atoms with Gasteiger partial charge in [-0.2, -0.15) is 0 Å². The van der Waals surface area contributed by atoms with Crippen molar-refractivity contribution in [2.75, 3.05) is 5.32 Å². The number of rotatable bonds is 3. The van der Waals surface area contributed by atoms with E-state index in [1.54, 1.807) is 18.2 Å². The molecule has 0 atom stereocenters. The Kier molecular flexibility index (Phi) is 3.55. The summed E-state index contributed by atoms with van der Waals surface area (Å²) in [4.78, 5) is 0. The molecule has 0 aliphatic rings. The van der Waals surface area contributed by atoms with Crippen LogP contribution in [0.1, 0.15) is 12.5 Å². The second kappa shape index (κ2) is 5.11. The van der Waals surface area contributed by atoms with Gasteiger partial charge in [-0.3, -0.25) is 0 Å². The molecule has 0 bridgehead atoms. The summed E-state index contributed by atoms with van der Waals surface area (Å²) in [5.41, 5.74) is 2.83. The molecule has 2 aromatic carbocycles. The largest absolute Gasteiger partial charge is 0.504 e. The van der Waals surface area contributed by atoms with Crippen LogP contribution in [0.15, 0.2) is 42.5 Å². The highest BCUT2D eigenvalue weighted by molar-refractivity contribution is 6.32. The van der Waals surface area contributed by atoms with E-state index < -0.39 is 0 Å². The van der Waals surface area contributed by atoms with Gasteiger partial charge in [-0.25, -0.2) is 0 Å². The fourth-order valence-corrected chi connectivity index (χ4v) is 1.77. The molecular weight excluding hydrogens is 234 g/mol. The highest BCUT2D eigenvalue weighted by atomic mass is 35.5. The van der Waals surface area contributed by atoms with Gasteiger partial charge in [0.1, 0.15) is 0 Å². The van der Waals surface area contributed by atoms with Gasteiger partial charge in [-0.1, -0.05) is 36.7 Å². The van der Waals surface area contributed by atoms with Crippen LogP contribution in [0.4, 0.5) is 11.4 Å². The maximum absolute atomic E-state index is 9.77. The third kappa shape index (κ3) is 2.71. The van der Waals surface area contributed by atoms with E-state index in [9.17, 15) is 5.11 Å². The van der Waals surface area contributed by atoms with Crippen LogP contribution in [-0.4, -0.2) is 5.11 Å². The van der Waals surface area contributed by atoms with Crippen LogP contribution in [-0.2, 0) is 6.42 Å². The van der Waals surface area contributed by atoms with Crippen LogP contribution in [0.3, 0.4) is 0 Å². The molecule has 17 heavy (non-hydrogen) atoms. The molecule has 3 heteroatoms. The Labute approximate surface area is 106 Å². The molecule has 0 heterocycles. The van der Waals surface area contributed by atoms with E-state index in [0.29, 0.717) is 10.7 Å². The maximum Gasteiger partial charge on any atom is 0.157 e. The smallest absolute Gasteiger partial charge is 0.157 e. The minimum atomic E-state index is 0.0775. The van der Waals surface area contributed by atoms with Crippen molar-refractivity contribution < 1.29 is 5.11 Å². The first-order valence-corrected chi connectivity index (χ1v) is 5.92. The Morgan fingerprint density at radius 3 is 2.47 bits per heavy atom. The lowest BCUT2D eigenvalue weighted by atomic mass is 10.1. The van der Waals surface area contributed by atoms with Crippen molar-refractivity contribution in [2.45, 2.75) is 13.3 Å². The zero-order valence-corrected chi connectivity index (χ0v) is 10.3. The molecule has 0 aliphatic heterocycles. The summed E-state index contributed by atoms with van der Waals surface area (Å²) in [5.74, 6) is 0.0775. The zero-order chi connectivity index (χ0) is 12.3. The summed E-state index contributed by atoms with van der Waals surface area (Å²) in [7, 11) is 0. The monoisotopic (exact) mass is 247 g/mol. The summed E-state index contributed by atoms with van der Waals surface area (Å²) in [6.07, 6.45) is 1.02. The normalized spacial score (nSPS) is 10.2. The lowest BCUT2D eigenvalue weighted by Crippen LogP contribution is -1.91. The Morgan fingerprint density at radius 1 is 1.12 bits per heavy atom. The Bertz CT molecular complexity index is 508. The highest BCUT2D eigenvalue weighted by Crippen LogP contribution is 2.33. The number of phenols is 1. The molecule has 2 nitrogen and oxygen atoms in total. The average Bonchev–Trinajstić information content (AvgIpc) is 2.36. The molecule has 0 fully saturated rings. The fraction of sp³-hybridized carbons (Fsp3) is 0.143. The number of hydrogen-bond acceptors (Lipinski definition) is 2. The predicted octanol–water partition coefficient (Wildman–Crippen LogP) is 4.35. The van der Waals surface area contributed by atoms with E-state index in [1.807, 2.05) is 12.1 Å². The van der Waals surface area contributed by atoms with Crippen LogP contribution < -0.4 is 5.32 Å². The predicted molar refractivity (Wildman–Crippen MR) is 72.2 cm³/mol. The quantitative estimate of drug-likeness (QED) is 0.791. The van der Waals surface area contributed by atoms with Gasteiger partial charge in [0.15, 0.2) is 5.75 Å². The van der Waals surface area contributed by atoms with Crippen molar-refractivity contribution in [3.8, 4) is 5.75 Å². The van der Waals surface area contributed by atoms with Crippen molar-refractivity contribution >= 4 is 23.0 Å². The summed E-state index contributed by atoms with van der Waals surface area (Å²) >= 11 is 5.84. The number of para-hydroxylation sites is 1. The number of anilines is 2. The molecule has 0 aliphatic carbocycles. The van der Waals surface area contributed by atoms with Gasteiger partial charge < -0.3 is 10.4 Å². The first-order chi connectivity index (χ1) is 8.20. The van der Waals surface area contributed by atoms with E-state index >= 15 is 0 Å². The molecule has 2 aromatic rings. The molecule has 2 N–H and O–H groups in total. The summed E-state index contributed by atoms with van der Waals surface area (Å²) in [6.45, 7) is 2.12. The topological polar surface area (TPSA) is 32.3 Å². The van der Waals surface area contributed by atoms with Gasteiger partial charge in [-0.15, -0.1) is 0 Å². The van der Waals surface area contributed by atoms with Crippen molar-refractivity contribution in [2.24, 2.45) is 0 Å². The van der Waals surface area contributed by atoms with Crippen LogP contribution in [0.5, 0.6) is 5.75 Å². The number of phenolic OH excluding ortho intramolecular Hbond substituents is 1. The third-order valence-corrected chi connectivity index (χ3v) is 2.93. The van der Waals surface area contributed by atoms with E-state index in [4.69, 9.17) is 11.6 Å². The fourth-order valence-electron chi connectivity index (χ4n) is 1.60. The molecule has 0 radical (unpaired) electrons. The number of nitrogens with one attached hydrogen (secondary N) is 1. The number of benzene rings is 2. The van der Waals surface area contributed by atoms with Crippen molar-refractivity contribution in [3.63, 3.8) is 0 Å². The van der Waals surface area contributed by atoms with Gasteiger partial charge in [0, 0.05) is 5.69 Å². The van der Waals surface area contributed by atoms with Crippen LogP contribution >= 0.6 is 11.6 Å². The average molecular weight is 248 g/mol. The summed E-state index contributed by atoms with van der Waals surface area (Å²) in [5, 5.41) is 13.2. The molecule has 0 unspecified atom stereocenters. The second-order valence-electron chi connectivity index (χ2n) is 3.81. The van der Waals surface area contributed by atoms with Crippen molar-refractivity contribution in [3.05, 3.63) is 53.1 Å². The standard InChI is InChI=1S/C14H14ClNO/c1-2-10-6-8-11(9-7-10)16-13-5-3-4-12(15)14(13)17/h3-9,16-17H,2H2,1H3. The lowest BCUT2D eigenvalue weighted by molar-refractivity contribution is 0.478. The molecule has 0 aromatic heterocycles. The summed E-state index contributed by atoms with van der Waals surface area (Å²) in [6, 6.07) is 13.3. The van der Waals surface area contributed by atoms with Crippen molar-refractivity contribution in [1.82, 2.24) is 0 Å². The molecule has 88 valence electrons. The molecule has 2 rings (SSSR count). The first-order valence-electron chi connectivity index (χ1n) is 5.54. The molecule has 0 amide bonds. The molecule has 0 saturated heterocycles. The zero-order valence-electron chi connectivity index (χ0n) is 9.57. The van der Waals surface area contributed by atoms with E-state index in [2.05, 4.69) is 24.4 Å². The minimum absolute atomic E-state index is 0.0775. The van der Waals surface area contributed by atoms with Crippen LogP contribution in [0, 0.1) is 0 Å².